The van der Waals surface area contributed by atoms with Crippen molar-refractivity contribution in [1.29, 1.82) is 0 Å². The van der Waals surface area contributed by atoms with E-state index in [1.165, 1.54) is 29.4 Å². The van der Waals surface area contributed by atoms with Crippen LogP contribution in [0.3, 0.4) is 0 Å². The van der Waals surface area contributed by atoms with Crippen molar-refractivity contribution in [3.63, 3.8) is 0 Å². The van der Waals surface area contributed by atoms with E-state index >= 15 is 0 Å². The number of thiophene rings is 1. The molecule has 1 aliphatic heterocycles. The number of hydrogen-bond acceptors (Lipinski definition) is 6. The van der Waals surface area contributed by atoms with Crippen LogP contribution in [0.1, 0.15) is 59.8 Å². The summed E-state index contributed by atoms with van der Waals surface area (Å²) in [7, 11) is 0. The monoisotopic (exact) mass is 427 g/mol. The average Bonchev–Trinajstić information content (AvgIpc) is 3.13. The van der Waals surface area contributed by atoms with E-state index in [1.54, 1.807) is 6.92 Å². The van der Waals surface area contributed by atoms with Gasteiger partial charge in [-0.25, -0.2) is 4.79 Å². The minimum absolute atomic E-state index is 0.0532. The molecule has 0 aromatic carbocycles. The summed E-state index contributed by atoms with van der Waals surface area (Å²) in [5, 5.41) is 3.35. The Hall–Kier alpha value is -2.80. The Kier molecular flexibility index (Phi) is 6.38. The lowest BCUT2D eigenvalue weighted by molar-refractivity contribution is -0.115. The normalized spacial score (nSPS) is 17.6. The molecule has 0 radical (unpaired) electrons. The third-order valence-corrected chi connectivity index (χ3v) is 6.45. The Morgan fingerprint density at radius 2 is 2.03 bits per heavy atom. The van der Waals surface area contributed by atoms with Crippen LogP contribution >= 0.6 is 11.3 Å². The van der Waals surface area contributed by atoms with Gasteiger partial charge in [-0.15, -0.1) is 11.3 Å². The highest BCUT2D eigenvalue weighted by molar-refractivity contribution is 7.17. The molecule has 30 heavy (non-hydrogen) atoms. The van der Waals surface area contributed by atoms with Gasteiger partial charge in [-0.3, -0.25) is 4.79 Å². The first-order valence-electron chi connectivity index (χ1n) is 10.4. The van der Waals surface area contributed by atoms with Crippen LogP contribution in [0.4, 0.5) is 5.00 Å². The predicted octanol–water partition coefficient (Wildman–Crippen LogP) is 5.14. The van der Waals surface area contributed by atoms with Gasteiger partial charge in [0.05, 0.1) is 12.2 Å². The van der Waals surface area contributed by atoms with Crippen LogP contribution in [0.25, 0.3) is 0 Å². The zero-order chi connectivity index (χ0) is 20.9. The maximum atomic E-state index is 12.7. The minimum atomic E-state index is -0.450. The van der Waals surface area contributed by atoms with Crippen molar-refractivity contribution in [2.24, 2.45) is 0 Å². The number of ether oxygens (including phenoxy) is 3. The summed E-state index contributed by atoms with van der Waals surface area (Å²) in [5.41, 5.74) is 2.75. The molecule has 3 aliphatic rings. The van der Waals surface area contributed by atoms with Gasteiger partial charge in [0.25, 0.3) is 5.91 Å². The van der Waals surface area contributed by atoms with Crippen LogP contribution < -0.4 is 5.32 Å². The van der Waals surface area contributed by atoms with E-state index in [0.717, 1.165) is 49.0 Å². The van der Waals surface area contributed by atoms with Crippen molar-refractivity contribution >= 4 is 28.2 Å². The van der Waals surface area contributed by atoms with Gasteiger partial charge in [-0.2, -0.15) is 0 Å². The van der Waals surface area contributed by atoms with E-state index in [4.69, 9.17) is 14.2 Å². The number of carbonyl (C=O) groups excluding carboxylic acids is 2. The molecule has 2 aliphatic carbocycles. The minimum Gasteiger partial charge on any atom is -0.462 e. The molecule has 0 atom stereocenters. The largest absolute Gasteiger partial charge is 0.462 e. The molecule has 0 bridgehead atoms. The van der Waals surface area contributed by atoms with E-state index in [-0.39, 0.29) is 11.7 Å². The van der Waals surface area contributed by atoms with Crippen molar-refractivity contribution in [3.8, 4) is 0 Å². The summed E-state index contributed by atoms with van der Waals surface area (Å²) < 4.78 is 16.4. The number of esters is 1. The number of fused-ring (bicyclic) bond motifs is 1. The topological polar surface area (TPSA) is 73.9 Å². The first-order valence-corrected chi connectivity index (χ1v) is 11.2. The Morgan fingerprint density at radius 1 is 1.17 bits per heavy atom. The highest BCUT2D eigenvalue weighted by Crippen LogP contribution is 2.39. The van der Waals surface area contributed by atoms with E-state index in [9.17, 15) is 9.59 Å². The van der Waals surface area contributed by atoms with Crippen molar-refractivity contribution < 1.29 is 23.8 Å². The lowest BCUT2D eigenvalue weighted by atomic mass is 9.95. The molecular weight excluding hydrogens is 402 g/mol. The Morgan fingerprint density at radius 3 is 2.77 bits per heavy atom. The second-order valence-corrected chi connectivity index (χ2v) is 8.47. The molecule has 7 heteroatoms. The highest BCUT2D eigenvalue weighted by Gasteiger charge is 2.28. The van der Waals surface area contributed by atoms with Gasteiger partial charge in [-0.05, 0) is 51.0 Å². The van der Waals surface area contributed by atoms with Gasteiger partial charge in [0, 0.05) is 11.3 Å². The second kappa shape index (κ2) is 9.34. The van der Waals surface area contributed by atoms with Crippen molar-refractivity contribution in [2.45, 2.75) is 51.9 Å². The lowest BCUT2D eigenvalue weighted by Gasteiger charge is -2.17. The molecule has 0 saturated carbocycles. The Balaban J connectivity index is 1.44. The fraction of sp³-hybridized carbons (Fsp3) is 0.391. The van der Waals surface area contributed by atoms with E-state index in [2.05, 4.69) is 17.5 Å². The molecule has 0 spiro atoms. The molecule has 1 aromatic heterocycles. The van der Waals surface area contributed by atoms with Gasteiger partial charge in [-0.1, -0.05) is 23.8 Å². The molecule has 2 heterocycles. The number of aryl methyl sites for hydroxylation is 1. The van der Waals surface area contributed by atoms with Crippen LogP contribution in [0, 0.1) is 0 Å². The molecule has 6 nitrogen and oxygen atoms in total. The number of amides is 1. The Labute approximate surface area is 179 Å². The van der Waals surface area contributed by atoms with Crippen molar-refractivity contribution in [3.05, 3.63) is 63.8 Å². The summed E-state index contributed by atoms with van der Waals surface area (Å²) in [6.45, 7) is 2.06. The number of rotatable bonds is 6. The maximum absolute atomic E-state index is 12.7. The number of allylic oxidation sites excluding steroid dienone is 4. The SMILES string of the molecule is CCOC(=O)c1c(NC(=O)C2=COC(CC3=CC=CCC3)=CO2)sc2c1CCCC2. The maximum Gasteiger partial charge on any atom is 0.341 e. The predicted molar refractivity (Wildman–Crippen MR) is 115 cm³/mol. The molecule has 1 amide bonds. The van der Waals surface area contributed by atoms with Crippen LogP contribution in [-0.4, -0.2) is 18.5 Å². The van der Waals surface area contributed by atoms with Crippen LogP contribution in [-0.2, 0) is 31.8 Å². The van der Waals surface area contributed by atoms with Crippen LogP contribution in [0.15, 0.2) is 47.8 Å². The lowest BCUT2D eigenvalue weighted by Crippen LogP contribution is -2.19. The third kappa shape index (κ3) is 4.51. The summed E-state index contributed by atoms with van der Waals surface area (Å²) in [6, 6.07) is 0. The molecular formula is C23H25NO5S. The summed E-state index contributed by atoms with van der Waals surface area (Å²) >= 11 is 1.45. The smallest absolute Gasteiger partial charge is 0.341 e. The second-order valence-electron chi connectivity index (χ2n) is 7.36. The van der Waals surface area contributed by atoms with Crippen LogP contribution in [0.5, 0.6) is 0 Å². The molecule has 158 valence electrons. The molecule has 1 N–H and O–H groups in total. The van der Waals surface area contributed by atoms with E-state index in [0.29, 0.717) is 29.4 Å². The van der Waals surface area contributed by atoms with Gasteiger partial charge in [0.2, 0.25) is 5.76 Å². The summed E-state index contributed by atoms with van der Waals surface area (Å²) in [5.74, 6) is -0.127. The fourth-order valence-corrected chi connectivity index (χ4v) is 5.04. The molecule has 1 aromatic rings. The number of hydrogen-bond donors (Lipinski definition) is 1. The first-order chi connectivity index (χ1) is 14.7. The molecule has 0 fully saturated rings. The zero-order valence-corrected chi connectivity index (χ0v) is 17.8. The van der Waals surface area contributed by atoms with E-state index < -0.39 is 5.91 Å². The van der Waals surface area contributed by atoms with Crippen molar-refractivity contribution in [1.82, 2.24) is 0 Å². The molecule has 0 saturated heterocycles. The summed E-state index contributed by atoms with van der Waals surface area (Å²) in [6.07, 6.45) is 15.6. The number of carbonyl (C=O) groups is 2. The highest BCUT2D eigenvalue weighted by atomic mass is 32.1. The fourth-order valence-electron chi connectivity index (χ4n) is 3.77. The number of nitrogens with one attached hydrogen (secondary N) is 1. The molecule has 0 unspecified atom stereocenters. The summed E-state index contributed by atoms with van der Waals surface area (Å²) in [4.78, 5) is 26.4. The van der Waals surface area contributed by atoms with Gasteiger partial charge >= 0.3 is 5.97 Å². The number of anilines is 1. The zero-order valence-electron chi connectivity index (χ0n) is 17.0. The Bertz CT molecular complexity index is 966. The first kappa shape index (κ1) is 20.5. The van der Waals surface area contributed by atoms with Crippen LogP contribution in [0.2, 0.25) is 0 Å². The van der Waals surface area contributed by atoms with E-state index in [1.807, 2.05) is 6.08 Å². The standard InChI is InChI=1S/C23H25NO5S/c1-2-27-23(26)20-17-10-6-7-11-19(17)30-22(20)24-21(25)18-14-28-16(13-29-18)12-15-8-4-3-5-9-15/h3-4,8,13-14H,2,5-7,9-12H2,1H3,(H,24,25). The average molecular weight is 428 g/mol. The molecule has 4 rings (SSSR count). The quantitative estimate of drug-likeness (QED) is 0.637. The van der Waals surface area contributed by atoms with Gasteiger partial charge in [0.1, 0.15) is 23.3 Å². The van der Waals surface area contributed by atoms with Crippen molar-refractivity contribution in [2.75, 3.05) is 11.9 Å². The van der Waals surface area contributed by atoms with Gasteiger partial charge < -0.3 is 19.5 Å². The van der Waals surface area contributed by atoms with Gasteiger partial charge in [0.15, 0.2) is 0 Å². The third-order valence-electron chi connectivity index (χ3n) is 5.24.